The Kier molecular flexibility index (Phi) is 3.74. The number of hydrogen-bond donors (Lipinski definition) is 1. The minimum Gasteiger partial charge on any atom is -0.328 e. The molecule has 0 spiro atoms. The lowest BCUT2D eigenvalue weighted by atomic mass is 10.3. The van der Waals surface area contributed by atoms with Crippen LogP contribution in [0.15, 0.2) is 28.6 Å². The van der Waals surface area contributed by atoms with Gasteiger partial charge in [-0.15, -0.1) is 10.2 Å². The molecule has 2 aromatic rings. The molecule has 0 fully saturated rings. The first-order valence-corrected chi connectivity index (χ1v) is 6.57. The van der Waals surface area contributed by atoms with Gasteiger partial charge < -0.3 is 5.32 Å². The van der Waals surface area contributed by atoms with Crippen LogP contribution in [0.1, 0.15) is 6.92 Å². The number of para-hydroxylation sites is 1. The molecule has 0 amide bonds. The van der Waals surface area contributed by atoms with Crippen molar-refractivity contribution in [1.82, 2.24) is 10.2 Å². The highest BCUT2D eigenvalue weighted by Crippen LogP contribution is 2.27. The Labute approximate surface area is 101 Å². The molecule has 0 radical (unpaired) electrons. The first-order valence-electron chi connectivity index (χ1n) is 4.77. The monoisotopic (exact) mass is 255 g/mol. The summed E-state index contributed by atoms with van der Waals surface area (Å²) in [7, 11) is 0. The Morgan fingerprint density at radius 3 is 2.94 bits per heavy atom. The van der Waals surface area contributed by atoms with Gasteiger partial charge in [-0.25, -0.2) is 4.39 Å². The molecule has 0 aliphatic carbocycles. The van der Waals surface area contributed by atoms with Crippen LogP contribution < -0.4 is 5.32 Å². The number of halogens is 1. The molecule has 0 saturated heterocycles. The summed E-state index contributed by atoms with van der Waals surface area (Å²) in [5.41, 5.74) is 0.423. The molecular formula is C10H10FN3S2. The van der Waals surface area contributed by atoms with Gasteiger partial charge in [-0.1, -0.05) is 42.2 Å². The summed E-state index contributed by atoms with van der Waals surface area (Å²) in [6.07, 6.45) is 0. The van der Waals surface area contributed by atoms with Gasteiger partial charge in [0.15, 0.2) is 4.34 Å². The number of benzene rings is 1. The second-order valence-corrected chi connectivity index (χ2v) is 5.40. The van der Waals surface area contributed by atoms with Crippen LogP contribution in [0.5, 0.6) is 0 Å². The summed E-state index contributed by atoms with van der Waals surface area (Å²) in [4.78, 5) is 0. The molecule has 1 N–H and O–H groups in total. The highest BCUT2D eigenvalue weighted by molar-refractivity contribution is 8.01. The topological polar surface area (TPSA) is 37.8 Å². The van der Waals surface area contributed by atoms with E-state index in [9.17, 15) is 4.39 Å². The fourth-order valence-corrected chi connectivity index (χ4v) is 2.78. The predicted molar refractivity (Wildman–Crippen MR) is 66.0 cm³/mol. The van der Waals surface area contributed by atoms with Crippen molar-refractivity contribution in [3.63, 3.8) is 0 Å². The Morgan fingerprint density at radius 2 is 2.19 bits per heavy atom. The molecule has 0 aliphatic rings. The van der Waals surface area contributed by atoms with Crippen LogP contribution in [0.25, 0.3) is 0 Å². The van der Waals surface area contributed by atoms with E-state index < -0.39 is 0 Å². The van der Waals surface area contributed by atoms with E-state index in [0.717, 1.165) is 10.1 Å². The smallest absolute Gasteiger partial charge is 0.210 e. The second-order valence-electron chi connectivity index (χ2n) is 2.91. The maximum Gasteiger partial charge on any atom is 0.210 e. The Bertz CT molecular complexity index is 473. The van der Waals surface area contributed by atoms with Crippen LogP contribution in [0.3, 0.4) is 0 Å². The SMILES string of the molecule is CCSc1nnc(Nc2ccccc2F)s1. The first-order chi connectivity index (χ1) is 7.79. The number of aromatic nitrogens is 2. The predicted octanol–water partition coefficient (Wildman–Crippen LogP) is 3.53. The minimum absolute atomic E-state index is 0.289. The standard InChI is InChI=1S/C10H10FN3S2/c1-2-15-10-14-13-9(16-10)12-8-6-4-3-5-7(8)11/h3-6H,2H2,1H3,(H,12,13). The average molecular weight is 255 g/mol. The molecular weight excluding hydrogens is 245 g/mol. The van der Waals surface area contributed by atoms with Crippen LogP contribution >= 0.6 is 23.1 Å². The third-order valence-corrected chi connectivity index (χ3v) is 3.64. The van der Waals surface area contributed by atoms with Gasteiger partial charge in [0.1, 0.15) is 5.82 Å². The molecule has 1 heterocycles. The lowest BCUT2D eigenvalue weighted by Crippen LogP contribution is -1.92. The Hall–Kier alpha value is -1.14. The highest BCUT2D eigenvalue weighted by atomic mass is 32.2. The molecule has 3 nitrogen and oxygen atoms in total. The maximum atomic E-state index is 13.3. The molecule has 0 bridgehead atoms. The summed E-state index contributed by atoms with van der Waals surface area (Å²) in [5.74, 6) is 0.663. The van der Waals surface area contributed by atoms with E-state index in [0.29, 0.717) is 10.8 Å². The van der Waals surface area contributed by atoms with Crippen molar-refractivity contribution in [1.29, 1.82) is 0 Å². The molecule has 1 aromatic heterocycles. The van der Waals surface area contributed by atoms with Gasteiger partial charge in [0, 0.05) is 0 Å². The third kappa shape index (κ3) is 2.70. The number of hydrogen-bond acceptors (Lipinski definition) is 5. The molecule has 16 heavy (non-hydrogen) atoms. The second kappa shape index (κ2) is 5.27. The van der Waals surface area contributed by atoms with Crippen molar-refractivity contribution in [2.75, 3.05) is 11.1 Å². The molecule has 0 atom stereocenters. The van der Waals surface area contributed by atoms with Crippen molar-refractivity contribution in [3.8, 4) is 0 Å². The zero-order valence-electron chi connectivity index (χ0n) is 8.61. The number of thioether (sulfide) groups is 1. The number of nitrogens with one attached hydrogen (secondary N) is 1. The summed E-state index contributed by atoms with van der Waals surface area (Å²) >= 11 is 3.05. The van der Waals surface area contributed by atoms with Crippen molar-refractivity contribution in [3.05, 3.63) is 30.1 Å². The Balaban J connectivity index is 2.11. The van der Waals surface area contributed by atoms with E-state index in [4.69, 9.17) is 0 Å². The van der Waals surface area contributed by atoms with Crippen LogP contribution in [0.2, 0.25) is 0 Å². The summed E-state index contributed by atoms with van der Waals surface area (Å²) in [6, 6.07) is 6.50. The third-order valence-electron chi connectivity index (χ3n) is 1.79. The molecule has 0 unspecified atom stereocenters. The van der Waals surface area contributed by atoms with Gasteiger partial charge in [0.25, 0.3) is 0 Å². The lowest BCUT2D eigenvalue weighted by molar-refractivity contribution is 0.632. The zero-order valence-corrected chi connectivity index (χ0v) is 10.2. The van der Waals surface area contributed by atoms with Gasteiger partial charge in [0.05, 0.1) is 5.69 Å². The van der Waals surface area contributed by atoms with Crippen molar-refractivity contribution >= 4 is 33.9 Å². The van der Waals surface area contributed by atoms with Crippen LogP contribution in [0.4, 0.5) is 15.2 Å². The maximum absolute atomic E-state index is 13.3. The van der Waals surface area contributed by atoms with Crippen molar-refractivity contribution in [2.24, 2.45) is 0 Å². The zero-order chi connectivity index (χ0) is 11.4. The van der Waals surface area contributed by atoms with Crippen LogP contribution in [-0.4, -0.2) is 16.0 Å². The van der Waals surface area contributed by atoms with Crippen LogP contribution in [0, 0.1) is 5.82 Å². The molecule has 0 saturated carbocycles. The van der Waals surface area contributed by atoms with Crippen molar-refractivity contribution < 1.29 is 4.39 Å². The van der Waals surface area contributed by atoms with E-state index in [-0.39, 0.29) is 5.82 Å². The normalized spacial score (nSPS) is 10.4. The number of anilines is 2. The highest BCUT2D eigenvalue weighted by Gasteiger charge is 2.06. The summed E-state index contributed by atoms with van der Waals surface area (Å²) in [5, 5.41) is 11.4. The van der Waals surface area contributed by atoms with Gasteiger partial charge >= 0.3 is 0 Å². The lowest BCUT2D eigenvalue weighted by Gasteiger charge is -2.01. The van der Waals surface area contributed by atoms with E-state index in [1.165, 1.54) is 17.4 Å². The van der Waals surface area contributed by atoms with Gasteiger partial charge in [-0.3, -0.25) is 0 Å². The fourth-order valence-electron chi connectivity index (χ4n) is 1.12. The Morgan fingerprint density at radius 1 is 1.38 bits per heavy atom. The average Bonchev–Trinajstić information content (AvgIpc) is 2.70. The molecule has 1 aromatic carbocycles. The van der Waals surface area contributed by atoms with E-state index >= 15 is 0 Å². The fraction of sp³-hybridized carbons (Fsp3) is 0.200. The van der Waals surface area contributed by atoms with E-state index in [1.807, 2.05) is 0 Å². The van der Waals surface area contributed by atoms with Gasteiger partial charge in [0.2, 0.25) is 5.13 Å². The van der Waals surface area contributed by atoms with E-state index in [2.05, 4.69) is 22.4 Å². The van der Waals surface area contributed by atoms with Gasteiger partial charge in [-0.2, -0.15) is 0 Å². The summed E-state index contributed by atoms with van der Waals surface area (Å²) < 4.78 is 14.2. The largest absolute Gasteiger partial charge is 0.328 e. The van der Waals surface area contributed by atoms with Crippen molar-refractivity contribution in [2.45, 2.75) is 11.3 Å². The molecule has 84 valence electrons. The first kappa shape index (κ1) is 11.3. The molecule has 0 aliphatic heterocycles. The number of nitrogens with zero attached hydrogens (tertiary/aromatic N) is 2. The molecule has 2 rings (SSSR count). The van der Waals surface area contributed by atoms with E-state index in [1.54, 1.807) is 30.0 Å². The quantitative estimate of drug-likeness (QED) is 0.848. The minimum atomic E-state index is -0.289. The molecule has 6 heteroatoms. The summed E-state index contributed by atoms with van der Waals surface area (Å²) in [6.45, 7) is 2.05. The van der Waals surface area contributed by atoms with Gasteiger partial charge in [-0.05, 0) is 17.9 Å². The van der Waals surface area contributed by atoms with Crippen LogP contribution in [-0.2, 0) is 0 Å². The number of rotatable bonds is 4.